The van der Waals surface area contributed by atoms with Crippen LogP contribution in [0.2, 0.25) is 0 Å². The van der Waals surface area contributed by atoms with Gasteiger partial charge < -0.3 is 4.90 Å². The summed E-state index contributed by atoms with van der Waals surface area (Å²) < 4.78 is 1.87. The number of carbonyl (C=O) groups is 1. The van der Waals surface area contributed by atoms with Crippen LogP contribution in [0.1, 0.15) is 59.3 Å². The number of aryl methyl sites for hydroxylation is 3. The summed E-state index contributed by atoms with van der Waals surface area (Å²) in [6, 6.07) is 0. The van der Waals surface area contributed by atoms with E-state index in [1.165, 1.54) is 5.01 Å². The van der Waals surface area contributed by atoms with E-state index in [1.54, 1.807) is 11.3 Å². The lowest BCUT2D eigenvalue weighted by Crippen LogP contribution is -2.41. The van der Waals surface area contributed by atoms with Gasteiger partial charge in [0.15, 0.2) is 0 Å². The molecular weight excluding hydrogens is 320 g/mol. The fourth-order valence-corrected chi connectivity index (χ4v) is 4.68. The van der Waals surface area contributed by atoms with Crippen LogP contribution in [-0.4, -0.2) is 38.7 Å². The van der Waals surface area contributed by atoms with Gasteiger partial charge in [-0.05, 0) is 40.5 Å². The zero-order valence-corrected chi connectivity index (χ0v) is 16.0. The van der Waals surface area contributed by atoms with Gasteiger partial charge in [-0.25, -0.2) is 4.98 Å². The van der Waals surface area contributed by atoms with Crippen molar-refractivity contribution in [2.24, 2.45) is 7.05 Å². The van der Waals surface area contributed by atoms with Gasteiger partial charge in [-0.2, -0.15) is 5.10 Å². The third kappa shape index (κ3) is 3.11. The van der Waals surface area contributed by atoms with Crippen molar-refractivity contribution in [2.45, 2.75) is 52.4 Å². The maximum atomic E-state index is 13.1. The lowest BCUT2D eigenvalue weighted by molar-refractivity contribution is -0.133. The molecule has 0 bridgehead atoms. The highest BCUT2D eigenvalue weighted by molar-refractivity contribution is 7.09. The number of hydrogen-bond acceptors (Lipinski definition) is 4. The first-order valence-corrected chi connectivity index (χ1v) is 9.47. The summed E-state index contributed by atoms with van der Waals surface area (Å²) in [7, 11) is 1.94. The molecule has 2 aromatic heterocycles. The van der Waals surface area contributed by atoms with Crippen molar-refractivity contribution < 1.29 is 4.79 Å². The average molecular weight is 347 g/mol. The Bertz CT molecular complexity index is 748. The van der Waals surface area contributed by atoms with Gasteiger partial charge >= 0.3 is 0 Å². The van der Waals surface area contributed by atoms with Crippen molar-refractivity contribution in [3.63, 3.8) is 0 Å². The minimum absolute atomic E-state index is 0.143. The molecule has 1 fully saturated rings. The molecule has 1 saturated heterocycles. The topological polar surface area (TPSA) is 51.0 Å². The third-order valence-electron chi connectivity index (χ3n) is 5.09. The van der Waals surface area contributed by atoms with Crippen LogP contribution in [0.15, 0.2) is 5.38 Å². The maximum absolute atomic E-state index is 13.1. The molecule has 0 radical (unpaired) electrons. The van der Waals surface area contributed by atoms with E-state index in [-0.39, 0.29) is 11.8 Å². The highest BCUT2D eigenvalue weighted by Gasteiger charge is 2.31. The van der Waals surface area contributed by atoms with Crippen LogP contribution >= 0.6 is 11.3 Å². The maximum Gasteiger partial charge on any atom is 0.229 e. The number of piperidine rings is 1. The Hall–Kier alpha value is -1.69. The SMILES string of the molecule is Cc1csc([C@@H]2CCCN(C(=O)[C@H](C)c3c(C)nn(C)c3C)C2)n1. The Labute approximate surface area is 147 Å². The van der Waals surface area contributed by atoms with Gasteiger partial charge in [0.25, 0.3) is 0 Å². The Morgan fingerprint density at radius 2 is 2.12 bits per heavy atom. The molecule has 0 N–H and O–H groups in total. The monoisotopic (exact) mass is 346 g/mol. The lowest BCUT2D eigenvalue weighted by atomic mass is 9.94. The molecule has 1 amide bonds. The van der Waals surface area contributed by atoms with Crippen molar-refractivity contribution >= 4 is 17.2 Å². The molecule has 130 valence electrons. The molecule has 0 aromatic carbocycles. The van der Waals surface area contributed by atoms with Crippen molar-refractivity contribution in [3.05, 3.63) is 33.0 Å². The predicted molar refractivity (Wildman–Crippen MR) is 96.5 cm³/mol. The van der Waals surface area contributed by atoms with Gasteiger partial charge in [-0.3, -0.25) is 9.48 Å². The van der Waals surface area contributed by atoms with E-state index in [2.05, 4.69) is 15.5 Å². The minimum Gasteiger partial charge on any atom is -0.341 e. The van der Waals surface area contributed by atoms with Gasteiger partial charge in [-0.15, -0.1) is 11.3 Å². The number of hydrogen-bond donors (Lipinski definition) is 0. The standard InChI is InChI=1S/C18H26N4OS/c1-11-10-24-17(19-11)15-7-6-8-22(9-15)18(23)12(2)16-13(3)20-21(5)14(16)4/h10,12,15H,6-9H2,1-5H3/t12-,15-/m1/s1. The van der Waals surface area contributed by atoms with E-state index in [0.717, 1.165) is 48.6 Å². The van der Waals surface area contributed by atoms with E-state index < -0.39 is 0 Å². The third-order valence-corrected chi connectivity index (χ3v) is 6.21. The number of amides is 1. The molecule has 24 heavy (non-hydrogen) atoms. The zero-order chi connectivity index (χ0) is 17.4. The van der Waals surface area contributed by atoms with Crippen molar-refractivity contribution in [3.8, 4) is 0 Å². The first-order valence-electron chi connectivity index (χ1n) is 8.59. The molecular formula is C18H26N4OS. The van der Waals surface area contributed by atoms with Crippen LogP contribution in [-0.2, 0) is 11.8 Å². The molecule has 3 rings (SSSR count). The molecule has 0 aliphatic carbocycles. The smallest absolute Gasteiger partial charge is 0.229 e. The summed E-state index contributed by atoms with van der Waals surface area (Å²) in [5, 5.41) is 7.73. The van der Waals surface area contributed by atoms with Crippen molar-refractivity contribution in [1.82, 2.24) is 19.7 Å². The Morgan fingerprint density at radius 3 is 2.71 bits per heavy atom. The number of carbonyl (C=O) groups excluding carboxylic acids is 1. The highest BCUT2D eigenvalue weighted by atomic mass is 32.1. The van der Waals surface area contributed by atoms with Crippen LogP contribution in [0.3, 0.4) is 0 Å². The Balaban J connectivity index is 1.76. The van der Waals surface area contributed by atoms with Gasteiger partial charge in [0.2, 0.25) is 5.91 Å². The summed E-state index contributed by atoms with van der Waals surface area (Å²) in [5.41, 5.74) is 4.19. The fourth-order valence-electron chi connectivity index (χ4n) is 3.75. The van der Waals surface area contributed by atoms with E-state index in [9.17, 15) is 4.79 Å². The van der Waals surface area contributed by atoms with Crippen LogP contribution < -0.4 is 0 Å². The number of rotatable bonds is 3. The number of nitrogens with zero attached hydrogens (tertiary/aromatic N) is 4. The molecule has 5 nitrogen and oxygen atoms in total. The quantitative estimate of drug-likeness (QED) is 0.857. The highest BCUT2D eigenvalue weighted by Crippen LogP contribution is 2.32. The summed E-state index contributed by atoms with van der Waals surface area (Å²) in [5.74, 6) is 0.451. The Morgan fingerprint density at radius 1 is 1.38 bits per heavy atom. The van der Waals surface area contributed by atoms with Crippen LogP contribution in [0.4, 0.5) is 0 Å². The molecule has 3 heterocycles. The van der Waals surface area contributed by atoms with Crippen LogP contribution in [0.25, 0.3) is 0 Å². The summed E-state index contributed by atoms with van der Waals surface area (Å²) >= 11 is 1.72. The van der Waals surface area contributed by atoms with Crippen molar-refractivity contribution in [2.75, 3.05) is 13.1 Å². The lowest BCUT2D eigenvalue weighted by Gasteiger charge is -2.33. The molecule has 0 spiro atoms. The van der Waals surface area contributed by atoms with Crippen molar-refractivity contribution in [1.29, 1.82) is 0 Å². The van der Waals surface area contributed by atoms with Gasteiger partial charge in [0.05, 0.1) is 16.6 Å². The summed E-state index contributed by atoms with van der Waals surface area (Å²) in [6.45, 7) is 9.70. The van der Waals surface area contributed by atoms with E-state index in [0.29, 0.717) is 5.92 Å². The molecule has 0 unspecified atom stereocenters. The number of aromatic nitrogens is 3. The normalized spacial score (nSPS) is 19.5. The predicted octanol–water partition coefficient (Wildman–Crippen LogP) is 3.31. The Kier molecular flexibility index (Phi) is 4.76. The molecule has 1 aliphatic heterocycles. The van der Waals surface area contributed by atoms with Crippen LogP contribution in [0, 0.1) is 20.8 Å². The summed E-state index contributed by atoms with van der Waals surface area (Å²) in [4.78, 5) is 19.7. The second-order valence-corrected chi connectivity index (χ2v) is 7.77. The van der Waals surface area contributed by atoms with Gasteiger partial charge in [0.1, 0.15) is 0 Å². The van der Waals surface area contributed by atoms with E-state index in [1.807, 2.05) is 44.3 Å². The van der Waals surface area contributed by atoms with Crippen LogP contribution in [0.5, 0.6) is 0 Å². The molecule has 2 atom stereocenters. The molecule has 2 aromatic rings. The first-order chi connectivity index (χ1) is 11.4. The van der Waals surface area contributed by atoms with Gasteiger partial charge in [0, 0.05) is 48.4 Å². The average Bonchev–Trinajstić information content (AvgIpc) is 3.10. The minimum atomic E-state index is -0.143. The van der Waals surface area contributed by atoms with Gasteiger partial charge in [-0.1, -0.05) is 0 Å². The second-order valence-electron chi connectivity index (χ2n) is 6.88. The van der Waals surface area contributed by atoms with E-state index in [4.69, 9.17) is 0 Å². The first kappa shape index (κ1) is 17.1. The summed E-state index contributed by atoms with van der Waals surface area (Å²) in [6.07, 6.45) is 2.17. The largest absolute Gasteiger partial charge is 0.341 e. The molecule has 1 aliphatic rings. The molecule has 6 heteroatoms. The zero-order valence-electron chi connectivity index (χ0n) is 15.2. The molecule has 0 saturated carbocycles. The fraction of sp³-hybridized carbons (Fsp3) is 0.611. The van der Waals surface area contributed by atoms with E-state index >= 15 is 0 Å². The number of likely N-dealkylation sites (tertiary alicyclic amines) is 1. The number of thiazole rings is 1. The second kappa shape index (κ2) is 6.67.